The fourth-order valence-corrected chi connectivity index (χ4v) is 4.05. The summed E-state index contributed by atoms with van der Waals surface area (Å²) in [7, 11) is 0. The Kier molecular flexibility index (Phi) is 8.82. The van der Waals surface area contributed by atoms with Gasteiger partial charge < -0.3 is 26.4 Å². The van der Waals surface area contributed by atoms with Gasteiger partial charge in [-0.3, -0.25) is 15.0 Å². The van der Waals surface area contributed by atoms with Crippen LogP contribution in [0.5, 0.6) is 0 Å². The molecule has 1 fully saturated rings. The number of carbonyl (C=O) groups excluding carboxylic acids is 3. The average molecular weight is 462 g/mol. The first kappa shape index (κ1) is 26.6. The first-order valence-electron chi connectivity index (χ1n) is 11.6. The van der Waals surface area contributed by atoms with E-state index in [2.05, 4.69) is 16.0 Å². The van der Waals surface area contributed by atoms with E-state index in [1.807, 2.05) is 13.8 Å². The van der Waals surface area contributed by atoms with E-state index in [9.17, 15) is 14.4 Å². The van der Waals surface area contributed by atoms with Crippen LogP contribution < -0.4 is 21.7 Å². The molecule has 9 heteroatoms. The third-order valence-electron chi connectivity index (χ3n) is 5.74. The molecule has 1 heterocycles. The smallest absolute Gasteiger partial charge is 0.408 e. The molecule has 1 aliphatic heterocycles. The second-order valence-electron chi connectivity index (χ2n) is 10.3. The number of ether oxygens (including phenoxy) is 1. The molecule has 1 aliphatic carbocycles. The van der Waals surface area contributed by atoms with E-state index >= 15 is 0 Å². The van der Waals surface area contributed by atoms with Crippen molar-refractivity contribution >= 4 is 23.6 Å². The Hall–Kier alpha value is -2.68. The fourth-order valence-electron chi connectivity index (χ4n) is 4.05. The molecule has 33 heavy (non-hydrogen) atoms. The highest BCUT2D eigenvalue weighted by Gasteiger charge is 2.42. The van der Waals surface area contributed by atoms with Crippen LogP contribution >= 0.6 is 0 Å². The number of ketones is 1. The van der Waals surface area contributed by atoms with E-state index in [1.165, 1.54) is 0 Å². The minimum Gasteiger partial charge on any atom is -0.444 e. The topological polar surface area (TPSA) is 146 Å². The number of nitrogens with one attached hydrogen (secondary N) is 4. The SMILES string of the molecule is CC(C)C[C@@H](NC(=O)OC(C)(C)C)C(=O)NCC1(C(=O)[C@@H]2CCCN2)C=CC(C(=N)N)=CC1. The maximum Gasteiger partial charge on any atom is 0.408 e. The van der Waals surface area contributed by atoms with Crippen molar-refractivity contribution in [3.63, 3.8) is 0 Å². The summed E-state index contributed by atoms with van der Waals surface area (Å²) >= 11 is 0. The maximum absolute atomic E-state index is 13.4. The molecular formula is C24H39N5O4. The van der Waals surface area contributed by atoms with E-state index in [4.69, 9.17) is 15.9 Å². The number of Topliss-reactive ketones (excluding diaryl/α,β-unsaturated/α-hetero) is 1. The Morgan fingerprint density at radius 2 is 2.03 bits per heavy atom. The minimum absolute atomic E-state index is 0.0101. The van der Waals surface area contributed by atoms with Gasteiger partial charge in [-0.25, -0.2) is 4.79 Å². The number of amides is 2. The number of rotatable bonds is 9. The molecule has 0 bridgehead atoms. The maximum atomic E-state index is 13.4. The Balaban J connectivity index is 2.15. The van der Waals surface area contributed by atoms with E-state index in [0.29, 0.717) is 18.4 Å². The molecule has 0 aromatic carbocycles. The highest BCUT2D eigenvalue weighted by Crippen LogP contribution is 2.33. The standard InChI is InChI=1S/C24H39N5O4/c1-15(2)13-18(29-22(32)33-23(3,4)5)21(31)28-14-24(19(30)17-7-6-12-27-17)10-8-16(9-11-24)20(25)26/h8-10,15,17-18,27H,6-7,11-14H2,1-5H3,(H3,25,26)(H,28,31)(H,29,32)/t17-,18+,24?/m0/s1. The zero-order valence-corrected chi connectivity index (χ0v) is 20.4. The first-order chi connectivity index (χ1) is 15.3. The second kappa shape index (κ2) is 11.0. The third-order valence-corrected chi connectivity index (χ3v) is 5.74. The van der Waals surface area contributed by atoms with E-state index < -0.39 is 23.2 Å². The number of amidine groups is 1. The number of hydrogen-bond donors (Lipinski definition) is 5. The Morgan fingerprint density at radius 1 is 1.33 bits per heavy atom. The number of nitrogens with two attached hydrogens (primary N) is 1. The van der Waals surface area contributed by atoms with E-state index in [0.717, 1.165) is 19.4 Å². The van der Waals surface area contributed by atoms with Gasteiger partial charge in [-0.15, -0.1) is 0 Å². The Bertz CT molecular complexity index is 821. The number of alkyl carbamates (subject to hydrolysis) is 1. The molecule has 6 N–H and O–H groups in total. The van der Waals surface area contributed by atoms with Crippen LogP contribution in [0.3, 0.4) is 0 Å². The van der Waals surface area contributed by atoms with Crippen molar-refractivity contribution in [2.24, 2.45) is 17.1 Å². The molecule has 1 saturated heterocycles. The molecular weight excluding hydrogens is 422 g/mol. The largest absolute Gasteiger partial charge is 0.444 e. The van der Waals surface area contributed by atoms with Crippen molar-refractivity contribution in [3.05, 3.63) is 23.8 Å². The second-order valence-corrected chi connectivity index (χ2v) is 10.3. The van der Waals surface area contributed by atoms with Gasteiger partial charge >= 0.3 is 6.09 Å². The van der Waals surface area contributed by atoms with Crippen molar-refractivity contribution in [1.29, 1.82) is 5.41 Å². The normalized spacial score (nSPS) is 23.6. The lowest BCUT2D eigenvalue weighted by Crippen LogP contribution is -2.53. The third kappa shape index (κ3) is 7.70. The first-order valence-corrected chi connectivity index (χ1v) is 11.6. The lowest BCUT2D eigenvalue weighted by molar-refractivity contribution is -0.129. The molecule has 2 amide bonds. The Labute approximate surface area is 196 Å². The van der Waals surface area contributed by atoms with Gasteiger partial charge in [0.2, 0.25) is 5.91 Å². The quantitative estimate of drug-likeness (QED) is 0.263. The molecule has 9 nitrogen and oxygen atoms in total. The van der Waals surface area contributed by atoms with Crippen LogP contribution in [0.4, 0.5) is 4.79 Å². The lowest BCUT2D eigenvalue weighted by atomic mass is 9.73. The van der Waals surface area contributed by atoms with Gasteiger partial charge in [-0.2, -0.15) is 0 Å². The van der Waals surface area contributed by atoms with Gasteiger partial charge in [0, 0.05) is 12.1 Å². The van der Waals surface area contributed by atoms with Crippen molar-refractivity contribution in [2.45, 2.75) is 78.0 Å². The monoisotopic (exact) mass is 461 g/mol. The highest BCUT2D eigenvalue weighted by atomic mass is 16.6. The van der Waals surface area contributed by atoms with Gasteiger partial charge in [0.1, 0.15) is 17.5 Å². The van der Waals surface area contributed by atoms with E-state index in [-0.39, 0.29) is 36.0 Å². The molecule has 184 valence electrons. The Morgan fingerprint density at radius 3 is 2.52 bits per heavy atom. The van der Waals surface area contributed by atoms with Crippen LogP contribution in [-0.2, 0) is 14.3 Å². The van der Waals surface area contributed by atoms with Crippen LogP contribution in [0, 0.1) is 16.7 Å². The van der Waals surface area contributed by atoms with Crippen LogP contribution in [0.1, 0.15) is 60.3 Å². The van der Waals surface area contributed by atoms with Gasteiger partial charge in [-0.05, 0) is 58.9 Å². The lowest BCUT2D eigenvalue weighted by Gasteiger charge is -2.34. The van der Waals surface area contributed by atoms with Crippen LogP contribution in [-0.4, -0.2) is 54.4 Å². The van der Waals surface area contributed by atoms with Crippen molar-refractivity contribution in [1.82, 2.24) is 16.0 Å². The van der Waals surface area contributed by atoms with Crippen LogP contribution in [0.25, 0.3) is 0 Å². The number of allylic oxidation sites excluding steroid dienone is 1. The van der Waals surface area contributed by atoms with Gasteiger partial charge in [-0.1, -0.05) is 32.1 Å². The van der Waals surface area contributed by atoms with Crippen molar-refractivity contribution < 1.29 is 19.1 Å². The minimum atomic E-state index is -0.940. The summed E-state index contributed by atoms with van der Waals surface area (Å²) in [5, 5.41) is 16.4. The van der Waals surface area contributed by atoms with Crippen molar-refractivity contribution in [2.75, 3.05) is 13.1 Å². The van der Waals surface area contributed by atoms with E-state index in [1.54, 1.807) is 39.0 Å². The molecule has 0 saturated carbocycles. The van der Waals surface area contributed by atoms with Crippen LogP contribution in [0.2, 0.25) is 0 Å². The average Bonchev–Trinajstić information content (AvgIpc) is 3.24. The summed E-state index contributed by atoms with van der Waals surface area (Å²) in [5.74, 6) is -0.259. The summed E-state index contributed by atoms with van der Waals surface area (Å²) < 4.78 is 5.31. The predicted molar refractivity (Wildman–Crippen MR) is 128 cm³/mol. The molecule has 3 atom stereocenters. The van der Waals surface area contributed by atoms with Crippen LogP contribution in [0.15, 0.2) is 23.8 Å². The molecule has 1 unspecified atom stereocenters. The molecule has 2 rings (SSSR count). The fraction of sp³-hybridized carbons (Fsp3) is 0.667. The molecule has 0 radical (unpaired) electrons. The summed E-state index contributed by atoms with van der Waals surface area (Å²) in [4.78, 5) is 38.8. The molecule has 0 aromatic rings. The molecule has 2 aliphatic rings. The highest BCUT2D eigenvalue weighted by molar-refractivity contribution is 5.99. The number of carbonyl (C=O) groups is 3. The molecule has 0 aromatic heterocycles. The summed E-state index contributed by atoms with van der Waals surface area (Å²) in [5.41, 5.74) is 4.54. The van der Waals surface area contributed by atoms with Crippen molar-refractivity contribution in [3.8, 4) is 0 Å². The predicted octanol–water partition coefficient (Wildman–Crippen LogP) is 2.17. The molecule has 0 spiro atoms. The van der Waals surface area contributed by atoms with Gasteiger partial charge in [0.05, 0.1) is 11.5 Å². The summed E-state index contributed by atoms with van der Waals surface area (Å²) in [6.45, 7) is 10.1. The number of hydrogen-bond acceptors (Lipinski definition) is 6. The zero-order chi connectivity index (χ0) is 24.8. The van der Waals surface area contributed by atoms with Gasteiger partial charge in [0.15, 0.2) is 5.78 Å². The van der Waals surface area contributed by atoms with Gasteiger partial charge in [0.25, 0.3) is 0 Å². The summed E-state index contributed by atoms with van der Waals surface area (Å²) in [6.07, 6.45) is 6.99. The zero-order valence-electron chi connectivity index (χ0n) is 20.4. The summed E-state index contributed by atoms with van der Waals surface area (Å²) in [6, 6.07) is -1.06.